The zero-order valence-corrected chi connectivity index (χ0v) is 74.7. The number of amides is 6. The van der Waals surface area contributed by atoms with Crippen molar-refractivity contribution >= 4 is 155 Å². The fourth-order valence-corrected chi connectivity index (χ4v) is 14.6. The Balaban J connectivity index is 0.000000272. The van der Waals surface area contributed by atoms with Crippen LogP contribution in [0.25, 0.3) is 6.08 Å². The first kappa shape index (κ1) is 110. The van der Waals surface area contributed by atoms with Gasteiger partial charge in [0, 0.05) is 38.5 Å². The van der Waals surface area contributed by atoms with Crippen molar-refractivity contribution < 1.29 is 159 Å². The second kappa shape index (κ2) is 43.6. The number of benzene rings is 7. The number of carbonyl (C=O) groups is 9. The molecule has 3 aliphatic heterocycles. The van der Waals surface area contributed by atoms with E-state index in [1.165, 1.54) is 11.0 Å². The monoisotopic (exact) mass is 2080 g/mol. The van der Waals surface area contributed by atoms with Gasteiger partial charge in [-0.2, -0.15) is 92.2 Å². The normalized spacial score (nSPS) is 15.9. The number of esters is 5. The van der Waals surface area contributed by atoms with E-state index in [1.807, 2.05) is 0 Å². The number of rotatable bonds is 12. The molecule has 0 spiro atoms. The summed E-state index contributed by atoms with van der Waals surface area (Å²) < 4.78 is 288. The average molecular weight is 2080 g/mol. The van der Waals surface area contributed by atoms with Gasteiger partial charge in [-0.25, -0.2) is 33.6 Å². The molecule has 2 fully saturated rings. The first-order valence-electron chi connectivity index (χ1n) is 36.6. The van der Waals surface area contributed by atoms with Crippen LogP contribution >= 0.6 is 78.3 Å². The highest BCUT2D eigenvalue weighted by Gasteiger charge is 2.57. The van der Waals surface area contributed by atoms with Crippen LogP contribution in [-0.4, -0.2) is 106 Å². The molecule has 7 aromatic rings. The van der Waals surface area contributed by atoms with E-state index < -0.39 is 196 Å². The number of halogens is 27. The predicted octanol–water partition coefficient (Wildman–Crippen LogP) is 22.6. The molecule has 1 aliphatic carbocycles. The molecule has 0 aromatic heterocycles. The molecule has 10 N–H and O–H groups in total. The molecule has 7 aromatic carbocycles. The van der Waals surface area contributed by atoms with Crippen molar-refractivity contribution in [2.75, 3.05) is 59.3 Å². The Kier molecular flexibility index (Phi) is 36.9. The number of hydrogen-bond acceptors (Lipinski definition) is 17. The van der Waals surface area contributed by atoms with Gasteiger partial charge in [-0.05, 0) is 192 Å². The van der Waals surface area contributed by atoms with Crippen molar-refractivity contribution in [2.24, 2.45) is 5.92 Å². The van der Waals surface area contributed by atoms with Gasteiger partial charge in [-0.15, -0.1) is 0 Å². The number of ether oxygens (including phenoxy) is 5. The van der Waals surface area contributed by atoms with Crippen LogP contribution in [0.2, 0.25) is 20.1 Å². The number of nitrogen functional groups attached to an aromatic ring is 3. The molecule has 3 heterocycles. The average Bonchev–Trinajstić information content (AvgIpc) is 1.59. The van der Waals surface area contributed by atoms with E-state index >= 15 is 0 Å². The summed E-state index contributed by atoms with van der Waals surface area (Å²) in [5, 5.41) is 8.10. The molecule has 6 amide bonds. The number of aryl methyl sites for hydroxylation is 2. The molecule has 11 rings (SSSR count). The minimum Gasteiger partial charge on any atom is -0.465 e. The lowest BCUT2D eigenvalue weighted by molar-refractivity contribution is -0.138. The smallest absolute Gasteiger partial charge is 0.418 e. The number of nitrogens with two attached hydrogens (primary N) is 3. The highest BCUT2D eigenvalue weighted by molar-refractivity contribution is 9.10. The zero-order chi connectivity index (χ0) is 99.5. The van der Waals surface area contributed by atoms with Crippen molar-refractivity contribution in [3.8, 4) is 0 Å². The minimum absolute atomic E-state index is 0.0131. The summed E-state index contributed by atoms with van der Waals surface area (Å²) in [6.07, 6.45) is -28.6. The molecule has 0 radical (unpaired) electrons. The topological polar surface area (TPSA) is 329 Å². The summed E-state index contributed by atoms with van der Waals surface area (Å²) in [5.74, 6) is -4.57. The van der Waals surface area contributed by atoms with Crippen molar-refractivity contribution in [3.63, 3.8) is 0 Å². The molecule has 1 saturated carbocycles. The van der Waals surface area contributed by atoms with Crippen LogP contribution in [0.3, 0.4) is 0 Å². The molecule has 22 nitrogen and oxygen atoms in total. The van der Waals surface area contributed by atoms with Gasteiger partial charge in [-0.3, -0.25) is 14.9 Å². The molecule has 710 valence electrons. The number of hydrogen-bond donors (Lipinski definition) is 7. The molecule has 2 unspecified atom stereocenters. The number of nitrogens with zero attached hydrogens (tertiary/aromatic N) is 1. The van der Waals surface area contributed by atoms with Gasteiger partial charge in [0.25, 0.3) is 11.8 Å². The van der Waals surface area contributed by atoms with Crippen LogP contribution in [-0.2, 0) is 91.1 Å². The maximum Gasteiger partial charge on any atom is 0.418 e. The molecule has 0 bridgehead atoms. The summed E-state index contributed by atoms with van der Waals surface area (Å²) in [4.78, 5) is 105. The van der Waals surface area contributed by atoms with Crippen molar-refractivity contribution in [2.45, 2.75) is 133 Å². The predicted molar refractivity (Wildman–Crippen MR) is 439 cm³/mol. The van der Waals surface area contributed by atoms with Crippen LogP contribution in [0.4, 0.5) is 119 Å². The molecular formula is C81H73Br2Cl4F21N8O14. The number of methoxy groups -OCH3 is 5. The Bertz CT molecular complexity index is 5400. The highest BCUT2D eigenvalue weighted by atomic mass is 79.9. The first-order chi connectivity index (χ1) is 59.7. The van der Waals surface area contributed by atoms with Gasteiger partial charge in [0.05, 0.1) is 141 Å². The summed E-state index contributed by atoms with van der Waals surface area (Å²) in [7, 11) is 5.73. The fraction of sp³-hybridized carbons (Fsp3) is 0.346. The number of alkyl halides is 22. The number of nitrogens with one attached hydrogen (secondary N) is 4. The Morgan fingerprint density at radius 1 is 0.515 bits per heavy atom. The highest BCUT2D eigenvalue weighted by Crippen LogP contribution is 2.47. The van der Waals surface area contributed by atoms with Gasteiger partial charge >= 0.3 is 85.1 Å². The second-order valence-electron chi connectivity index (χ2n) is 27.7. The lowest BCUT2D eigenvalue weighted by atomic mass is 9.93. The number of imide groups is 1. The Labute approximate surface area is 761 Å². The summed E-state index contributed by atoms with van der Waals surface area (Å²) in [5.41, 5.74) is 8.63. The van der Waals surface area contributed by atoms with Crippen molar-refractivity contribution in [3.05, 3.63) is 227 Å². The quantitative estimate of drug-likeness (QED) is 0.0149. The van der Waals surface area contributed by atoms with E-state index in [0.29, 0.717) is 16.7 Å². The molecule has 4 atom stereocenters. The van der Waals surface area contributed by atoms with Gasteiger partial charge in [0.2, 0.25) is 0 Å². The SMILES string of the molecule is C=Cc1cc(C(F)(F)F)c(N)cc1C(=O)OC.CC1NC(=O)c2cc(Cl)c(C(F)(F)F)cc21.CCc1cc(C(F)(F)F)c(Cl)cc1C(=O)OC.CCc1cc(C(F)(F)F)c(N)cc1C(=O)OC.COC(=O)c1cc(Cl)c(C(F)(F)F)cc1C(C)Br.COC(=O)c1cc(N)c(C(F)(F)F)cc1Br.C[C@H]1c2cc(C(F)(F)F)c(Cl)cc2CN1C(=O)NC[C@@]1(C2CC2)NC(=O)NC1=O. The number of carbonyl (C=O) groups excluding carboxylic acids is 9. The molecular weight excluding hydrogens is 2010 g/mol. The largest absolute Gasteiger partial charge is 0.465 e. The van der Waals surface area contributed by atoms with Gasteiger partial charge < -0.3 is 61.7 Å². The molecule has 49 heteroatoms. The van der Waals surface area contributed by atoms with E-state index in [-0.39, 0.29) is 92.0 Å². The van der Waals surface area contributed by atoms with Crippen LogP contribution < -0.4 is 38.5 Å². The Morgan fingerprint density at radius 2 is 0.877 bits per heavy atom. The van der Waals surface area contributed by atoms with Crippen LogP contribution in [0.15, 0.2) is 96.0 Å². The fourth-order valence-electron chi connectivity index (χ4n) is 12.6. The Hall–Kier alpha value is -10.6. The van der Waals surface area contributed by atoms with Crippen molar-refractivity contribution in [1.82, 2.24) is 26.2 Å². The first-order valence-corrected chi connectivity index (χ1v) is 39.9. The maximum atomic E-state index is 13.1. The lowest BCUT2D eigenvalue weighted by Crippen LogP contribution is -2.58. The molecule has 4 aliphatic rings. The third-order valence-corrected chi connectivity index (χ3v) is 21.7. The standard InChI is InChI=1S/C18H18ClF3N4O3.C11H9BrClF3O2.C11H10ClF3O2.C11H12F3NO2.C11H10F3NO2.C10H7ClF3NO.C9H7BrF3NO2/c1-8-11-5-12(18(20,21)22)13(19)4-9(11)6-26(8)16(29)23-7-17(10-2-3-10)14(27)24-15(28)25-17;1-5(12)6-3-8(11(14,15)16)9(13)4-7(6)10(17)18-2;1-3-6-4-8(11(13,14)15)9(12)5-7(6)10(16)17-2;2*1-3-6-4-8(11(12,13)14)9(15)5-7(6)10(16)17-2;1-4-5-2-7(10(12,13)14)8(11)3-6(5)9(16)15-4;1-16-8(15)4-2-7(14)5(3-6(4)10)9(11,12)13/h4-5,8,10H,2-3,6-7H2,1H3,(H,23,29)(H2,24,25,27,28);3-5H,1-2H3;4-5H,3H2,1-2H3;4-5H,3,15H2,1-2H3;3-5H,1,15H2,2H3;2-4H,1H3,(H,15,16);2-3H,14H2,1H3/t8-,17-;;;;;;/m0....../s1. The Morgan fingerprint density at radius 3 is 1.29 bits per heavy atom. The number of anilines is 3. The third-order valence-electron chi connectivity index (χ3n) is 19.3. The summed E-state index contributed by atoms with van der Waals surface area (Å²) >= 11 is 28.3. The summed E-state index contributed by atoms with van der Waals surface area (Å²) in [6, 6.07) is 11.1. The molecule has 130 heavy (non-hydrogen) atoms. The number of urea groups is 2. The van der Waals surface area contributed by atoms with Crippen LogP contribution in [0.1, 0.15) is 204 Å². The van der Waals surface area contributed by atoms with Gasteiger partial charge in [-0.1, -0.05) is 88.8 Å². The molecule has 1 saturated heterocycles. The van der Waals surface area contributed by atoms with Crippen LogP contribution in [0, 0.1) is 5.92 Å². The van der Waals surface area contributed by atoms with E-state index in [1.54, 1.807) is 34.6 Å². The maximum absolute atomic E-state index is 13.1. The van der Waals surface area contributed by atoms with Gasteiger partial charge in [0.1, 0.15) is 5.54 Å². The van der Waals surface area contributed by atoms with E-state index in [2.05, 4.69) is 83.4 Å². The minimum atomic E-state index is -4.59. The van der Waals surface area contributed by atoms with Crippen LogP contribution in [0.5, 0.6) is 0 Å². The van der Waals surface area contributed by atoms with Gasteiger partial charge in [0.15, 0.2) is 0 Å². The zero-order valence-electron chi connectivity index (χ0n) is 68.5. The third kappa shape index (κ3) is 27.3. The second-order valence-corrected chi connectivity index (χ2v) is 31.5. The van der Waals surface area contributed by atoms with E-state index in [0.717, 1.165) is 133 Å². The number of fused-ring (bicyclic) bond motifs is 2. The van der Waals surface area contributed by atoms with Crippen molar-refractivity contribution in [1.29, 1.82) is 0 Å². The summed E-state index contributed by atoms with van der Waals surface area (Å²) in [6.45, 7) is 11.5. The lowest BCUT2D eigenvalue weighted by Gasteiger charge is -2.29. The van der Waals surface area contributed by atoms with E-state index in [9.17, 15) is 135 Å². The van der Waals surface area contributed by atoms with E-state index in [4.69, 9.17) is 63.6 Å².